The van der Waals surface area contributed by atoms with Crippen molar-refractivity contribution in [2.45, 2.75) is 6.92 Å². The van der Waals surface area contributed by atoms with E-state index in [-0.39, 0.29) is 11.7 Å². The SMILES string of the molecule is CC(=O)c1ccc(-c2ccc(NC(=O)c3ccc(N)cc3)cc2)o1. The van der Waals surface area contributed by atoms with Crippen molar-refractivity contribution in [2.75, 3.05) is 11.1 Å². The number of Topliss-reactive ketones (excluding diaryl/α,β-unsaturated/α-hetero) is 1. The zero-order chi connectivity index (χ0) is 17.1. The van der Waals surface area contributed by atoms with Gasteiger partial charge < -0.3 is 15.5 Å². The Balaban J connectivity index is 1.73. The number of rotatable bonds is 4. The van der Waals surface area contributed by atoms with Gasteiger partial charge in [-0.15, -0.1) is 0 Å². The number of amides is 1. The van der Waals surface area contributed by atoms with Crippen molar-refractivity contribution < 1.29 is 14.0 Å². The number of furan rings is 1. The number of nitrogens with one attached hydrogen (secondary N) is 1. The number of hydrogen-bond acceptors (Lipinski definition) is 4. The third-order valence-electron chi connectivity index (χ3n) is 3.55. The van der Waals surface area contributed by atoms with Crippen LogP contribution in [0.2, 0.25) is 0 Å². The largest absolute Gasteiger partial charge is 0.453 e. The van der Waals surface area contributed by atoms with Crippen LogP contribution in [-0.4, -0.2) is 11.7 Å². The molecule has 0 aliphatic heterocycles. The third kappa shape index (κ3) is 3.35. The number of benzene rings is 2. The molecule has 5 nitrogen and oxygen atoms in total. The Morgan fingerprint density at radius 3 is 2.17 bits per heavy atom. The molecule has 0 aliphatic rings. The lowest BCUT2D eigenvalue weighted by Crippen LogP contribution is -2.11. The van der Waals surface area contributed by atoms with Gasteiger partial charge >= 0.3 is 0 Å². The summed E-state index contributed by atoms with van der Waals surface area (Å²) in [5.41, 5.74) is 8.25. The fourth-order valence-electron chi connectivity index (χ4n) is 2.24. The number of nitrogen functional groups attached to an aromatic ring is 1. The summed E-state index contributed by atoms with van der Waals surface area (Å²) in [6.07, 6.45) is 0. The summed E-state index contributed by atoms with van der Waals surface area (Å²) in [6.45, 7) is 1.46. The topological polar surface area (TPSA) is 85.3 Å². The van der Waals surface area contributed by atoms with Gasteiger partial charge in [-0.2, -0.15) is 0 Å². The predicted molar refractivity (Wildman–Crippen MR) is 93.0 cm³/mol. The van der Waals surface area contributed by atoms with Gasteiger partial charge in [-0.25, -0.2) is 0 Å². The monoisotopic (exact) mass is 320 g/mol. The van der Waals surface area contributed by atoms with E-state index >= 15 is 0 Å². The van der Waals surface area contributed by atoms with Crippen molar-refractivity contribution in [1.29, 1.82) is 0 Å². The molecule has 1 aromatic heterocycles. The second-order valence-electron chi connectivity index (χ2n) is 5.37. The lowest BCUT2D eigenvalue weighted by atomic mass is 10.1. The Bertz CT molecular complexity index is 878. The van der Waals surface area contributed by atoms with E-state index in [4.69, 9.17) is 10.2 Å². The number of carbonyl (C=O) groups is 2. The highest BCUT2D eigenvalue weighted by molar-refractivity contribution is 6.04. The van der Waals surface area contributed by atoms with Crippen molar-refractivity contribution in [2.24, 2.45) is 0 Å². The summed E-state index contributed by atoms with van der Waals surface area (Å²) in [4.78, 5) is 23.4. The Morgan fingerprint density at radius 1 is 0.917 bits per heavy atom. The highest BCUT2D eigenvalue weighted by atomic mass is 16.3. The third-order valence-corrected chi connectivity index (χ3v) is 3.55. The molecule has 1 amide bonds. The van der Waals surface area contributed by atoms with Gasteiger partial charge in [0.2, 0.25) is 0 Å². The van der Waals surface area contributed by atoms with Gasteiger partial charge in [-0.1, -0.05) is 0 Å². The van der Waals surface area contributed by atoms with Crippen LogP contribution < -0.4 is 11.1 Å². The second kappa shape index (κ2) is 6.42. The summed E-state index contributed by atoms with van der Waals surface area (Å²) in [5.74, 6) is 0.607. The molecule has 0 unspecified atom stereocenters. The number of nitrogens with two attached hydrogens (primary N) is 1. The van der Waals surface area contributed by atoms with Crippen LogP contribution in [0.25, 0.3) is 11.3 Å². The first-order valence-corrected chi connectivity index (χ1v) is 7.41. The molecule has 3 N–H and O–H groups in total. The molecular weight excluding hydrogens is 304 g/mol. The maximum Gasteiger partial charge on any atom is 0.255 e. The fourth-order valence-corrected chi connectivity index (χ4v) is 2.24. The van der Waals surface area contributed by atoms with Gasteiger partial charge in [0.15, 0.2) is 11.5 Å². The van der Waals surface area contributed by atoms with Gasteiger partial charge in [0.05, 0.1) is 0 Å². The summed E-state index contributed by atoms with van der Waals surface area (Å²) in [5, 5.41) is 2.82. The van der Waals surface area contributed by atoms with Gasteiger partial charge in [0.25, 0.3) is 5.91 Å². The molecule has 0 bridgehead atoms. The molecule has 0 atom stereocenters. The molecule has 120 valence electrons. The van der Waals surface area contributed by atoms with Crippen LogP contribution >= 0.6 is 0 Å². The van der Waals surface area contributed by atoms with Gasteiger partial charge in [-0.3, -0.25) is 9.59 Å². The Kier molecular flexibility index (Phi) is 4.16. The molecular formula is C19H16N2O3. The van der Waals surface area contributed by atoms with E-state index in [1.54, 1.807) is 48.5 Å². The lowest BCUT2D eigenvalue weighted by molar-refractivity contribution is 0.0986. The minimum absolute atomic E-state index is 0.117. The van der Waals surface area contributed by atoms with Crippen molar-refractivity contribution in [1.82, 2.24) is 0 Å². The standard InChI is InChI=1S/C19H16N2O3/c1-12(22)17-10-11-18(24-17)13-4-8-16(9-5-13)21-19(23)14-2-6-15(20)7-3-14/h2-11H,20H2,1H3,(H,21,23). The van der Waals surface area contributed by atoms with Crippen LogP contribution in [-0.2, 0) is 0 Å². The van der Waals surface area contributed by atoms with E-state index in [1.807, 2.05) is 12.1 Å². The van der Waals surface area contributed by atoms with Crippen molar-refractivity contribution in [3.63, 3.8) is 0 Å². The zero-order valence-corrected chi connectivity index (χ0v) is 13.1. The Morgan fingerprint density at radius 2 is 1.58 bits per heavy atom. The van der Waals surface area contributed by atoms with Crippen molar-refractivity contribution >= 4 is 23.1 Å². The van der Waals surface area contributed by atoms with Crippen LogP contribution in [0.5, 0.6) is 0 Å². The first-order chi connectivity index (χ1) is 11.5. The first-order valence-electron chi connectivity index (χ1n) is 7.41. The van der Waals surface area contributed by atoms with Crippen molar-refractivity contribution in [3.05, 3.63) is 72.0 Å². The molecule has 0 saturated heterocycles. The van der Waals surface area contributed by atoms with Gasteiger partial charge in [0.1, 0.15) is 5.76 Å². The summed E-state index contributed by atoms with van der Waals surface area (Å²) in [6, 6.07) is 17.3. The molecule has 0 saturated carbocycles. The van der Waals surface area contributed by atoms with Gasteiger partial charge in [0, 0.05) is 29.4 Å². The molecule has 24 heavy (non-hydrogen) atoms. The summed E-state index contributed by atoms with van der Waals surface area (Å²) < 4.78 is 5.48. The number of carbonyl (C=O) groups excluding carboxylic acids is 2. The highest BCUT2D eigenvalue weighted by Crippen LogP contribution is 2.24. The van der Waals surface area contributed by atoms with Crippen LogP contribution in [0.15, 0.2) is 65.1 Å². The Hall–Kier alpha value is -3.34. The Labute approximate surface area is 139 Å². The van der Waals surface area contributed by atoms with Crippen LogP contribution in [0.4, 0.5) is 11.4 Å². The van der Waals surface area contributed by atoms with Gasteiger partial charge in [-0.05, 0) is 60.7 Å². The molecule has 3 rings (SSSR count). The van der Waals surface area contributed by atoms with E-state index in [0.29, 0.717) is 28.5 Å². The zero-order valence-electron chi connectivity index (χ0n) is 13.1. The number of anilines is 2. The molecule has 0 aliphatic carbocycles. The quantitative estimate of drug-likeness (QED) is 0.562. The molecule has 0 fully saturated rings. The van der Waals surface area contributed by atoms with E-state index in [0.717, 1.165) is 5.56 Å². The first kappa shape index (κ1) is 15.6. The maximum absolute atomic E-state index is 12.2. The van der Waals surface area contributed by atoms with Crippen LogP contribution in [0.3, 0.4) is 0 Å². The van der Waals surface area contributed by atoms with E-state index in [9.17, 15) is 9.59 Å². The predicted octanol–water partition coefficient (Wildman–Crippen LogP) is 3.98. The summed E-state index contributed by atoms with van der Waals surface area (Å²) >= 11 is 0. The van der Waals surface area contributed by atoms with Crippen LogP contribution in [0.1, 0.15) is 27.8 Å². The average molecular weight is 320 g/mol. The normalized spacial score (nSPS) is 10.4. The lowest BCUT2D eigenvalue weighted by Gasteiger charge is -2.06. The smallest absolute Gasteiger partial charge is 0.255 e. The number of ketones is 1. The maximum atomic E-state index is 12.2. The second-order valence-corrected chi connectivity index (χ2v) is 5.37. The number of hydrogen-bond donors (Lipinski definition) is 2. The molecule has 2 aromatic carbocycles. The van der Waals surface area contributed by atoms with Crippen molar-refractivity contribution in [3.8, 4) is 11.3 Å². The van der Waals surface area contributed by atoms with Crippen LogP contribution in [0, 0.1) is 0 Å². The fraction of sp³-hybridized carbons (Fsp3) is 0.0526. The molecule has 5 heteroatoms. The average Bonchev–Trinajstić information content (AvgIpc) is 3.06. The highest BCUT2D eigenvalue weighted by Gasteiger charge is 2.09. The van der Waals surface area contributed by atoms with E-state index < -0.39 is 0 Å². The van der Waals surface area contributed by atoms with E-state index in [2.05, 4.69) is 5.32 Å². The molecule has 3 aromatic rings. The summed E-state index contributed by atoms with van der Waals surface area (Å²) in [7, 11) is 0. The molecule has 0 radical (unpaired) electrons. The minimum Gasteiger partial charge on any atom is -0.453 e. The van der Waals surface area contributed by atoms with E-state index in [1.165, 1.54) is 6.92 Å². The minimum atomic E-state index is -0.209. The molecule has 1 heterocycles. The molecule has 0 spiro atoms.